The average molecular weight is 834 g/mol. The minimum atomic E-state index is -0.705. The summed E-state index contributed by atoms with van der Waals surface area (Å²) in [5, 5.41) is 6.51. The van der Waals surface area contributed by atoms with Gasteiger partial charge < -0.3 is 49.2 Å². The van der Waals surface area contributed by atoms with Crippen molar-refractivity contribution in [2.75, 3.05) is 33.9 Å². The van der Waals surface area contributed by atoms with Crippen LogP contribution in [0.3, 0.4) is 0 Å². The fraction of sp³-hybridized carbons (Fsp3) is 0.467. The van der Waals surface area contributed by atoms with Gasteiger partial charge in [0.15, 0.2) is 0 Å². The fourth-order valence-corrected chi connectivity index (χ4v) is 9.02. The first-order valence-corrected chi connectivity index (χ1v) is 21.3. The summed E-state index contributed by atoms with van der Waals surface area (Å²) in [5.41, 5.74) is 6.75. The third-order valence-corrected chi connectivity index (χ3v) is 12.2. The van der Waals surface area contributed by atoms with Crippen molar-refractivity contribution in [3.63, 3.8) is 0 Å². The lowest BCUT2D eigenvalue weighted by molar-refractivity contribution is -0.136. The number of nitrogens with zero attached hydrogens (tertiary/aromatic N) is 5. The van der Waals surface area contributed by atoms with Gasteiger partial charge in [-0.25, -0.2) is 19.6 Å². The van der Waals surface area contributed by atoms with Crippen LogP contribution in [0.2, 0.25) is 0 Å². The highest BCUT2D eigenvalue weighted by Gasteiger charge is 2.39. The van der Waals surface area contributed by atoms with Crippen molar-refractivity contribution in [3.05, 3.63) is 66.5 Å². The smallest absolute Gasteiger partial charge is 0.407 e. The first-order valence-electron chi connectivity index (χ1n) is 21.3. The monoisotopic (exact) mass is 833 g/mol. The number of benzene rings is 2. The van der Waals surface area contributed by atoms with Gasteiger partial charge >= 0.3 is 12.2 Å². The molecule has 0 aliphatic carbocycles. The van der Waals surface area contributed by atoms with Crippen molar-refractivity contribution in [2.45, 2.75) is 90.5 Å². The number of likely N-dealkylation sites (tertiary alicyclic amines) is 2. The molecule has 322 valence electrons. The van der Waals surface area contributed by atoms with Gasteiger partial charge in [0.1, 0.15) is 29.5 Å². The standard InChI is InChI=1S/C45H55N9O7/c1-25(2)38(50-44(57)59-5)42(55)53-16-7-10-34(53)40-46-23-31(48-40)27-13-15-33-29(20-27)21-36-30-14-12-28(22-37(30)61-19-9-18-52(33)36)32-24-47-41(49-32)35-11-8-17-54(35)43(56)39(26(3)4)51-45(58)60-6/h12-15,20-26,34-35,38-39H,7-11,16-19H2,1-6H3,(H,46,48)(H,47,49)(H,50,57)(H,51,58)/t34?,35-,38-,39-/m0/s1. The number of carbonyl (C=O) groups excluding carboxylic acids is 4. The van der Waals surface area contributed by atoms with E-state index in [2.05, 4.69) is 67.6 Å². The van der Waals surface area contributed by atoms with Crippen LogP contribution in [-0.4, -0.2) is 104 Å². The Morgan fingerprint density at radius 1 is 0.721 bits per heavy atom. The van der Waals surface area contributed by atoms with E-state index in [-0.39, 0.29) is 35.7 Å². The number of rotatable bonds is 10. The SMILES string of the molecule is COC(=O)N[C@H](C(=O)N1CCCC1c1ncc(-c2ccc3c(c2)cc2n3CCCOc3cc(-c4cnc([C@@H]5CCCN5C(=O)[C@@H](NC(=O)OC)C(C)C)[nH]4)ccc3-2)[nH]1)C(C)C. The molecule has 2 aromatic carbocycles. The number of ether oxygens (including phenoxy) is 3. The zero-order chi connectivity index (χ0) is 42.9. The minimum absolute atomic E-state index is 0.115. The second-order valence-electron chi connectivity index (χ2n) is 16.8. The lowest BCUT2D eigenvalue weighted by Gasteiger charge is -2.30. The summed E-state index contributed by atoms with van der Waals surface area (Å²) >= 11 is 0. The Bertz CT molecular complexity index is 2430. The first kappa shape index (κ1) is 41.4. The number of hydrogen-bond acceptors (Lipinski definition) is 9. The van der Waals surface area contributed by atoms with E-state index in [1.165, 1.54) is 14.2 Å². The molecule has 61 heavy (non-hydrogen) atoms. The van der Waals surface area contributed by atoms with E-state index in [4.69, 9.17) is 24.2 Å². The quantitative estimate of drug-likeness (QED) is 0.115. The summed E-state index contributed by atoms with van der Waals surface area (Å²) in [6.45, 7) is 10.1. The Morgan fingerprint density at radius 2 is 1.26 bits per heavy atom. The van der Waals surface area contributed by atoms with Gasteiger partial charge in [0.2, 0.25) is 11.8 Å². The molecule has 8 rings (SSSR count). The molecule has 3 aliphatic rings. The Hall–Kier alpha value is -6.32. The number of carbonyl (C=O) groups is 4. The van der Waals surface area contributed by atoms with E-state index in [9.17, 15) is 19.2 Å². The molecule has 0 bridgehead atoms. The van der Waals surface area contributed by atoms with Crippen LogP contribution in [0.5, 0.6) is 5.75 Å². The number of methoxy groups -OCH3 is 2. The Balaban J connectivity index is 1.02. The minimum Gasteiger partial charge on any atom is -0.493 e. The van der Waals surface area contributed by atoms with Gasteiger partial charge in [-0.15, -0.1) is 0 Å². The average Bonchev–Trinajstić information content (AvgIpc) is 4.11. The summed E-state index contributed by atoms with van der Waals surface area (Å²) in [6, 6.07) is 13.0. The van der Waals surface area contributed by atoms with Gasteiger partial charge in [-0.3, -0.25) is 9.59 Å². The van der Waals surface area contributed by atoms with Crippen LogP contribution in [0, 0.1) is 11.8 Å². The summed E-state index contributed by atoms with van der Waals surface area (Å²) in [4.78, 5) is 71.6. The molecule has 6 heterocycles. The molecule has 0 spiro atoms. The third-order valence-electron chi connectivity index (χ3n) is 12.2. The molecular weight excluding hydrogens is 779 g/mol. The van der Waals surface area contributed by atoms with E-state index in [0.29, 0.717) is 25.5 Å². The molecule has 16 heteroatoms. The maximum atomic E-state index is 13.7. The molecule has 1 unspecified atom stereocenters. The van der Waals surface area contributed by atoms with Crippen LogP contribution in [0.4, 0.5) is 9.59 Å². The van der Waals surface area contributed by atoms with Gasteiger partial charge in [0, 0.05) is 47.2 Å². The van der Waals surface area contributed by atoms with Crippen LogP contribution in [-0.2, 0) is 25.6 Å². The van der Waals surface area contributed by atoms with Crippen molar-refractivity contribution in [1.29, 1.82) is 0 Å². The zero-order valence-corrected chi connectivity index (χ0v) is 35.6. The molecule has 3 aliphatic heterocycles. The van der Waals surface area contributed by atoms with E-state index in [1.807, 2.05) is 43.7 Å². The van der Waals surface area contributed by atoms with Crippen LogP contribution < -0.4 is 15.4 Å². The number of nitrogens with one attached hydrogen (secondary N) is 4. The number of aromatic nitrogens is 5. The van der Waals surface area contributed by atoms with Crippen molar-refractivity contribution < 1.29 is 33.4 Å². The van der Waals surface area contributed by atoms with E-state index in [0.717, 1.165) is 94.9 Å². The number of fused-ring (bicyclic) bond motifs is 5. The normalized spacial score (nSPS) is 18.6. The Kier molecular flexibility index (Phi) is 11.8. The highest BCUT2D eigenvalue weighted by molar-refractivity contribution is 5.92. The summed E-state index contributed by atoms with van der Waals surface area (Å²) in [5.74, 6) is 1.68. The van der Waals surface area contributed by atoms with Gasteiger partial charge in [0.05, 0.1) is 62.4 Å². The lowest BCUT2D eigenvalue weighted by Crippen LogP contribution is -2.51. The Morgan fingerprint density at radius 3 is 1.80 bits per heavy atom. The van der Waals surface area contributed by atoms with E-state index in [1.54, 1.807) is 6.20 Å². The summed E-state index contributed by atoms with van der Waals surface area (Å²) < 4.78 is 18.3. The molecule has 0 radical (unpaired) electrons. The molecular formula is C45H55N9O7. The molecule has 0 saturated carbocycles. The Labute approximate surface area is 354 Å². The number of alkyl carbamates (subject to hydrolysis) is 2. The molecule has 2 fully saturated rings. The highest BCUT2D eigenvalue weighted by atomic mass is 16.5. The van der Waals surface area contributed by atoms with Gasteiger partial charge in [-0.05, 0) is 74.3 Å². The van der Waals surface area contributed by atoms with Crippen LogP contribution in [0.25, 0.3) is 44.7 Å². The molecule has 4 amide bonds. The highest BCUT2D eigenvalue weighted by Crippen LogP contribution is 2.41. The van der Waals surface area contributed by atoms with Crippen molar-refractivity contribution in [3.8, 4) is 39.5 Å². The van der Waals surface area contributed by atoms with Crippen LogP contribution in [0.1, 0.15) is 83.5 Å². The molecule has 16 nitrogen and oxygen atoms in total. The van der Waals surface area contributed by atoms with E-state index >= 15 is 0 Å². The van der Waals surface area contributed by atoms with Crippen molar-refractivity contribution in [1.82, 2.24) is 44.9 Å². The number of imidazole rings is 2. The maximum absolute atomic E-state index is 13.7. The van der Waals surface area contributed by atoms with Crippen molar-refractivity contribution >= 4 is 34.9 Å². The number of hydrogen-bond donors (Lipinski definition) is 4. The van der Waals surface area contributed by atoms with Crippen LogP contribution in [0.15, 0.2) is 54.9 Å². The molecule has 5 aromatic rings. The van der Waals surface area contributed by atoms with Gasteiger partial charge in [-0.2, -0.15) is 0 Å². The molecule has 4 N–H and O–H groups in total. The summed E-state index contributed by atoms with van der Waals surface area (Å²) in [7, 11) is 2.58. The number of aryl methyl sites for hydroxylation is 1. The zero-order valence-electron chi connectivity index (χ0n) is 35.6. The van der Waals surface area contributed by atoms with Gasteiger partial charge in [0.25, 0.3) is 0 Å². The maximum Gasteiger partial charge on any atom is 0.407 e. The lowest BCUT2D eigenvalue weighted by atomic mass is 10.0. The third kappa shape index (κ3) is 8.14. The predicted molar refractivity (Wildman–Crippen MR) is 228 cm³/mol. The largest absolute Gasteiger partial charge is 0.493 e. The molecule has 4 atom stereocenters. The predicted octanol–water partition coefficient (Wildman–Crippen LogP) is 6.96. The molecule has 3 aromatic heterocycles. The topological polar surface area (TPSA) is 189 Å². The summed E-state index contributed by atoms with van der Waals surface area (Å²) in [6.07, 6.45) is 6.42. The number of aromatic amines is 2. The van der Waals surface area contributed by atoms with Crippen molar-refractivity contribution in [2.24, 2.45) is 11.8 Å². The van der Waals surface area contributed by atoms with Gasteiger partial charge in [-0.1, -0.05) is 39.8 Å². The van der Waals surface area contributed by atoms with E-state index < -0.39 is 24.3 Å². The van der Waals surface area contributed by atoms with Crippen LogP contribution >= 0.6 is 0 Å². The number of amides is 4. The molecule has 2 saturated heterocycles. The second kappa shape index (κ2) is 17.3. The fourth-order valence-electron chi connectivity index (χ4n) is 9.02. The second-order valence-corrected chi connectivity index (χ2v) is 16.8. The first-order chi connectivity index (χ1) is 29.4. The number of H-pyrrole nitrogens is 2.